The number of ether oxygens (including phenoxy) is 2. The number of methoxy groups -OCH3 is 1. The smallest absolute Gasteiger partial charge is 0.343 e. The second-order valence-electron chi connectivity index (χ2n) is 8.49. The van der Waals surface area contributed by atoms with E-state index in [0.717, 1.165) is 15.6 Å². The van der Waals surface area contributed by atoms with Crippen LogP contribution in [0.1, 0.15) is 21.5 Å². The topological polar surface area (TPSA) is 82.8 Å². The van der Waals surface area contributed by atoms with Gasteiger partial charge in [-0.25, -0.2) is 9.78 Å². The van der Waals surface area contributed by atoms with Crippen molar-refractivity contribution in [2.24, 2.45) is 5.10 Å². The highest BCUT2D eigenvalue weighted by atomic mass is 79.9. The number of esters is 1. The monoisotopic (exact) mass is 567 g/mol. The van der Waals surface area contributed by atoms with Gasteiger partial charge in [-0.1, -0.05) is 57.9 Å². The molecule has 0 radical (unpaired) electrons. The van der Waals surface area contributed by atoms with Crippen LogP contribution in [0.4, 0.5) is 0 Å². The fraction of sp³-hybridized carbons (Fsp3) is 0.0667. The zero-order chi connectivity index (χ0) is 26.6. The fourth-order valence-electron chi connectivity index (χ4n) is 3.84. The number of halogens is 1. The molecule has 0 fully saturated rings. The number of benzene rings is 4. The second-order valence-corrected chi connectivity index (χ2v) is 9.40. The maximum absolute atomic E-state index is 13.4. The Hall–Kier alpha value is -4.56. The van der Waals surface area contributed by atoms with Crippen LogP contribution in [0, 0.1) is 6.92 Å². The largest absolute Gasteiger partial charge is 0.493 e. The highest BCUT2D eigenvalue weighted by Crippen LogP contribution is 2.29. The van der Waals surface area contributed by atoms with E-state index in [9.17, 15) is 9.59 Å². The van der Waals surface area contributed by atoms with Crippen molar-refractivity contribution < 1.29 is 14.3 Å². The molecule has 8 heteroatoms. The van der Waals surface area contributed by atoms with Crippen molar-refractivity contribution in [3.63, 3.8) is 0 Å². The molecule has 0 N–H and O–H groups in total. The number of rotatable bonds is 6. The van der Waals surface area contributed by atoms with E-state index in [1.807, 2.05) is 43.3 Å². The number of fused-ring (bicyclic) bond motifs is 1. The van der Waals surface area contributed by atoms with E-state index in [4.69, 9.17) is 14.5 Å². The number of hydrogen-bond donors (Lipinski definition) is 0. The number of aromatic nitrogens is 2. The Labute approximate surface area is 227 Å². The van der Waals surface area contributed by atoms with Crippen LogP contribution in [-0.2, 0) is 0 Å². The van der Waals surface area contributed by atoms with Gasteiger partial charge in [0.1, 0.15) is 0 Å². The zero-order valence-corrected chi connectivity index (χ0v) is 22.2. The first-order valence-electron chi connectivity index (χ1n) is 11.7. The summed E-state index contributed by atoms with van der Waals surface area (Å²) in [6, 6.07) is 26.8. The van der Waals surface area contributed by atoms with Gasteiger partial charge >= 0.3 is 5.97 Å². The van der Waals surface area contributed by atoms with Crippen LogP contribution in [0.3, 0.4) is 0 Å². The third-order valence-electron chi connectivity index (χ3n) is 5.86. The SMILES string of the molecule is COc1cc(C=Nn2c(-c3ccc(C)cc3)nc3ccccc3c2=O)ccc1OC(=O)c1ccc(Br)cc1. The molecule has 0 aliphatic carbocycles. The molecule has 0 aliphatic heterocycles. The fourth-order valence-corrected chi connectivity index (χ4v) is 4.10. The molecule has 0 saturated heterocycles. The summed E-state index contributed by atoms with van der Waals surface area (Å²) in [5.41, 5.74) is 3.23. The standard InChI is InChI=1S/C30H22BrN3O4/c1-19-7-10-21(11-8-19)28-33-25-6-4-3-5-24(25)29(35)34(28)32-18-20-9-16-26(27(17-20)37-2)38-30(36)22-12-14-23(31)15-13-22/h3-18H,1-2H3. The number of hydrogen-bond acceptors (Lipinski definition) is 6. The van der Waals surface area contributed by atoms with E-state index in [1.165, 1.54) is 11.8 Å². The van der Waals surface area contributed by atoms with E-state index in [0.29, 0.717) is 33.6 Å². The minimum atomic E-state index is -0.506. The van der Waals surface area contributed by atoms with Crippen molar-refractivity contribution >= 4 is 39.0 Å². The van der Waals surface area contributed by atoms with Gasteiger partial charge in [-0.05, 0) is 67.1 Å². The van der Waals surface area contributed by atoms with Crippen LogP contribution in [-0.4, -0.2) is 29.0 Å². The highest BCUT2D eigenvalue weighted by molar-refractivity contribution is 9.10. The molecule has 4 aromatic carbocycles. The molecular weight excluding hydrogens is 546 g/mol. The maximum Gasteiger partial charge on any atom is 0.343 e. The predicted molar refractivity (Wildman–Crippen MR) is 151 cm³/mol. The van der Waals surface area contributed by atoms with E-state index in [2.05, 4.69) is 21.0 Å². The van der Waals surface area contributed by atoms with Crippen molar-refractivity contribution in [1.29, 1.82) is 0 Å². The number of carbonyl (C=O) groups excluding carboxylic acids is 1. The molecule has 0 spiro atoms. The molecular formula is C30H22BrN3O4. The first-order valence-corrected chi connectivity index (χ1v) is 12.5. The van der Waals surface area contributed by atoms with Crippen LogP contribution < -0.4 is 15.0 Å². The van der Waals surface area contributed by atoms with Gasteiger partial charge in [-0.2, -0.15) is 9.78 Å². The van der Waals surface area contributed by atoms with Gasteiger partial charge in [-0.15, -0.1) is 0 Å². The summed E-state index contributed by atoms with van der Waals surface area (Å²) in [4.78, 5) is 30.7. The molecule has 5 rings (SSSR count). The molecule has 1 aromatic heterocycles. The number of para-hydroxylation sites is 1. The van der Waals surface area contributed by atoms with E-state index >= 15 is 0 Å². The normalized spacial score (nSPS) is 11.1. The van der Waals surface area contributed by atoms with Crippen molar-refractivity contribution in [2.75, 3.05) is 7.11 Å². The van der Waals surface area contributed by atoms with Gasteiger partial charge in [0.15, 0.2) is 17.3 Å². The number of nitrogens with zero attached hydrogens (tertiary/aromatic N) is 3. The van der Waals surface area contributed by atoms with E-state index in [1.54, 1.807) is 60.8 Å². The quantitative estimate of drug-likeness (QED) is 0.138. The van der Waals surface area contributed by atoms with Crippen LogP contribution in [0.15, 0.2) is 105 Å². The van der Waals surface area contributed by atoms with Gasteiger partial charge in [0.2, 0.25) is 0 Å². The Balaban J connectivity index is 1.50. The summed E-state index contributed by atoms with van der Waals surface area (Å²) in [6.07, 6.45) is 1.54. The maximum atomic E-state index is 13.4. The lowest BCUT2D eigenvalue weighted by molar-refractivity contribution is 0.0729. The van der Waals surface area contributed by atoms with E-state index < -0.39 is 5.97 Å². The molecule has 0 atom stereocenters. The van der Waals surface area contributed by atoms with Crippen molar-refractivity contribution in [3.8, 4) is 22.9 Å². The molecule has 38 heavy (non-hydrogen) atoms. The van der Waals surface area contributed by atoms with Gasteiger partial charge in [0.25, 0.3) is 5.56 Å². The molecule has 1 heterocycles. The predicted octanol–water partition coefficient (Wildman–Crippen LogP) is 6.24. The second kappa shape index (κ2) is 10.8. The van der Waals surface area contributed by atoms with Crippen molar-refractivity contribution in [3.05, 3.63) is 123 Å². The zero-order valence-electron chi connectivity index (χ0n) is 20.6. The molecule has 0 saturated carbocycles. The van der Waals surface area contributed by atoms with Crippen LogP contribution >= 0.6 is 15.9 Å². The Bertz CT molecular complexity index is 1730. The molecule has 0 unspecified atom stereocenters. The summed E-state index contributed by atoms with van der Waals surface area (Å²) >= 11 is 3.35. The summed E-state index contributed by atoms with van der Waals surface area (Å²) < 4.78 is 13.2. The number of aryl methyl sites for hydroxylation is 1. The lowest BCUT2D eigenvalue weighted by Crippen LogP contribution is -2.20. The third kappa shape index (κ3) is 5.26. The molecule has 7 nitrogen and oxygen atoms in total. The molecule has 5 aromatic rings. The average Bonchev–Trinajstić information content (AvgIpc) is 2.94. The Morgan fingerprint density at radius 2 is 1.68 bits per heavy atom. The lowest BCUT2D eigenvalue weighted by atomic mass is 10.1. The minimum Gasteiger partial charge on any atom is -0.493 e. The van der Waals surface area contributed by atoms with Gasteiger partial charge < -0.3 is 9.47 Å². The first kappa shape index (κ1) is 25.1. The number of carbonyl (C=O) groups is 1. The Kier molecular flexibility index (Phi) is 7.15. The van der Waals surface area contributed by atoms with E-state index in [-0.39, 0.29) is 11.3 Å². The van der Waals surface area contributed by atoms with Gasteiger partial charge in [0.05, 0.1) is 29.8 Å². The van der Waals surface area contributed by atoms with Crippen molar-refractivity contribution in [2.45, 2.75) is 6.92 Å². The highest BCUT2D eigenvalue weighted by Gasteiger charge is 2.14. The molecule has 0 aliphatic rings. The molecule has 188 valence electrons. The first-order chi connectivity index (χ1) is 18.4. The van der Waals surface area contributed by atoms with Crippen molar-refractivity contribution in [1.82, 2.24) is 9.66 Å². The van der Waals surface area contributed by atoms with Gasteiger partial charge in [-0.3, -0.25) is 4.79 Å². The van der Waals surface area contributed by atoms with Crippen LogP contribution in [0.25, 0.3) is 22.3 Å². The third-order valence-corrected chi connectivity index (χ3v) is 6.38. The molecule has 0 amide bonds. The van der Waals surface area contributed by atoms with Gasteiger partial charge in [0, 0.05) is 10.0 Å². The van der Waals surface area contributed by atoms with Crippen LogP contribution in [0.2, 0.25) is 0 Å². The summed E-state index contributed by atoms with van der Waals surface area (Å²) in [5.74, 6) is 0.537. The lowest BCUT2D eigenvalue weighted by Gasteiger charge is -2.11. The van der Waals surface area contributed by atoms with Crippen LogP contribution in [0.5, 0.6) is 11.5 Å². The Morgan fingerprint density at radius 1 is 0.947 bits per heavy atom. The summed E-state index contributed by atoms with van der Waals surface area (Å²) in [7, 11) is 1.49. The minimum absolute atomic E-state index is 0.266. The average molecular weight is 568 g/mol. The Morgan fingerprint density at radius 3 is 2.42 bits per heavy atom. The summed E-state index contributed by atoms with van der Waals surface area (Å²) in [6.45, 7) is 2.00. The molecule has 0 bridgehead atoms. The summed E-state index contributed by atoms with van der Waals surface area (Å²) in [5, 5.41) is 4.96.